The molecule has 1 aromatic heterocycles. The molecular weight excluding hydrogens is 488 g/mol. The Morgan fingerprint density at radius 3 is 2.41 bits per heavy atom. The molecule has 0 radical (unpaired) electrons. The number of nitro groups is 1. The second-order valence-electron chi connectivity index (χ2n) is 8.79. The van der Waals surface area contributed by atoms with Crippen LogP contribution in [0.5, 0.6) is 0 Å². The molecule has 2 aliphatic heterocycles. The fourth-order valence-corrected chi connectivity index (χ4v) is 5.56. The lowest BCUT2D eigenvalue weighted by atomic mass is 10.1. The van der Waals surface area contributed by atoms with Crippen LogP contribution in [0.1, 0.15) is 5.76 Å². The molecule has 1 amide bonds. The summed E-state index contributed by atoms with van der Waals surface area (Å²) in [6, 6.07) is 24.5. The van der Waals surface area contributed by atoms with E-state index in [4.69, 9.17) is 4.42 Å². The summed E-state index contributed by atoms with van der Waals surface area (Å²) in [5.41, 5.74) is 1.98. The Bertz CT molecular complexity index is 1560. The molecule has 0 bridgehead atoms. The van der Waals surface area contributed by atoms with Gasteiger partial charge in [-0.3, -0.25) is 14.9 Å². The number of rotatable bonds is 4. The molecule has 6 rings (SSSR count). The van der Waals surface area contributed by atoms with Crippen LogP contribution in [0.15, 0.2) is 93.2 Å². The number of aliphatic imine (C=N–C) groups is 1. The van der Waals surface area contributed by atoms with Crippen molar-refractivity contribution in [3.63, 3.8) is 0 Å². The summed E-state index contributed by atoms with van der Waals surface area (Å²) in [6.45, 7) is 3.25. The van der Waals surface area contributed by atoms with Crippen LogP contribution in [-0.4, -0.2) is 47.1 Å². The first-order valence-corrected chi connectivity index (χ1v) is 12.7. The maximum atomic E-state index is 12.6. The Hall–Kier alpha value is -4.37. The van der Waals surface area contributed by atoms with Crippen molar-refractivity contribution in [2.45, 2.75) is 0 Å². The zero-order valence-corrected chi connectivity index (χ0v) is 20.6. The lowest BCUT2D eigenvalue weighted by Gasteiger charge is -2.37. The number of non-ortho nitro benzene ring substituents is 1. The standard InChI is InChI=1S/C28H22N4O4S/c33-27-26(18-22-12-13-25(36-22)20-8-10-21(11-9-20)32(34)35)37-28(29-27)31-16-14-30(15-17-31)24-7-3-5-19-4-1-2-6-23(19)24/h1-13,18H,14-17H2. The van der Waals surface area contributed by atoms with Crippen molar-refractivity contribution in [1.82, 2.24) is 4.90 Å². The van der Waals surface area contributed by atoms with Gasteiger partial charge < -0.3 is 14.2 Å². The minimum atomic E-state index is -0.439. The summed E-state index contributed by atoms with van der Waals surface area (Å²) in [7, 11) is 0. The van der Waals surface area contributed by atoms with Crippen molar-refractivity contribution in [2.75, 3.05) is 31.1 Å². The van der Waals surface area contributed by atoms with E-state index < -0.39 is 4.92 Å². The van der Waals surface area contributed by atoms with E-state index in [2.05, 4.69) is 57.3 Å². The molecule has 3 aromatic carbocycles. The van der Waals surface area contributed by atoms with Gasteiger partial charge in [0.2, 0.25) is 0 Å². The van der Waals surface area contributed by atoms with Gasteiger partial charge in [-0.15, -0.1) is 0 Å². The average Bonchev–Trinajstić information content (AvgIpc) is 3.55. The third-order valence-corrected chi connectivity index (χ3v) is 7.57. The lowest BCUT2D eigenvalue weighted by molar-refractivity contribution is -0.384. The fraction of sp³-hybridized carbons (Fsp3) is 0.143. The minimum Gasteiger partial charge on any atom is -0.457 e. The summed E-state index contributed by atoms with van der Waals surface area (Å²) in [5.74, 6) is 0.828. The molecule has 1 fully saturated rings. The number of amidine groups is 1. The number of hydrogen-bond acceptors (Lipinski definition) is 7. The summed E-state index contributed by atoms with van der Waals surface area (Å²) in [6.07, 6.45) is 1.70. The Morgan fingerprint density at radius 1 is 0.892 bits per heavy atom. The number of amides is 1. The fourth-order valence-electron chi connectivity index (χ4n) is 4.62. The largest absolute Gasteiger partial charge is 0.457 e. The van der Waals surface area contributed by atoms with Crippen molar-refractivity contribution < 1.29 is 14.1 Å². The van der Waals surface area contributed by atoms with E-state index in [9.17, 15) is 14.9 Å². The molecule has 184 valence electrons. The lowest BCUT2D eigenvalue weighted by Crippen LogP contribution is -2.47. The number of anilines is 1. The first-order chi connectivity index (χ1) is 18.0. The Balaban J connectivity index is 1.11. The van der Waals surface area contributed by atoms with Gasteiger partial charge in [0.25, 0.3) is 11.6 Å². The first-order valence-electron chi connectivity index (χ1n) is 11.9. The number of nitrogens with zero attached hydrogens (tertiary/aromatic N) is 4. The molecule has 0 N–H and O–H groups in total. The monoisotopic (exact) mass is 510 g/mol. The molecule has 3 heterocycles. The molecule has 1 saturated heterocycles. The van der Waals surface area contributed by atoms with Crippen LogP contribution in [0.2, 0.25) is 0 Å². The topological polar surface area (TPSA) is 92.2 Å². The smallest absolute Gasteiger partial charge is 0.286 e. The first kappa shape index (κ1) is 23.1. The summed E-state index contributed by atoms with van der Waals surface area (Å²) >= 11 is 1.36. The number of piperazine rings is 1. The summed E-state index contributed by atoms with van der Waals surface area (Å²) in [4.78, 5) is 32.4. The van der Waals surface area contributed by atoms with Crippen LogP contribution in [0.25, 0.3) is 28.2 Å². The van der Waals surface area contributed by atoms with Gasteiger partial charge in [0.1, 0.15) is 11.5 Å². The summed E-state index contributed by atoms with van der Waals surface area (Å²) < 4.78 is 5.88. The number of benzene rings is 3. The molecule has 4 aromatic rings. The number of hydrogen-bond donors (Lipinski definition) is 0. The van der Waals surface area contributed by atoms with Gasteiger partial charge in [0.15, 0.2) is 5.17 Å². The van der Waals surface area contributed by atoms with Crippen molar-refractivity contribution in [3.8, 4) is 11.3 Å². The summed E-state index contributed by atoms with van der Waals surface area (Å²) in [5, 5.41) is 14.1. The van der Waals surface area contributed by atoms with Gasteiger partial charge in [-0.25, -0.2) is 0 Å². The van der Waals surface area contributed by atoms with Crippen molar-refractivity contribution >= 4 is 51.1 Å². The Kier molecular flexibility index (Phi) is 5.97. The number of thioether (sulfide) groups is 1. The predicted octanol–water partition coefficient (Wildman–Crippen LogP) is 5.80. The highest BCUT2D eigenvalue weighted by Crippen LogP contribution is 2.33. The van der Waals surface area contributed by atoms with Crippen LogP contribution in [0.4, 0.5) is 11.4 Å². The molecular formula is C28H22N4O4S. The highest BCUT2D eigenvalue weighted by atomic mass is 32.2. The van der Waals surface area contributed by atoms with Crippen molar-refractivity contribution in [3.05, 3.63) is 99.6 Å². The minimum absolute atomic E-state index is 0.0215. The van der Waals surface area contributed by atoms with Crippen LogP contribution >= 0.6 is 11.8 Å². The number of nitro benzene ring substituents is 1. The van der Waals surface area contributed by atoms with E-state index in [0.29, 0.717) is 16.4 Å². The molecule has 8 nitrogen and oxygen atoms in total. The Labute approximate surface area is 217 Å². The quantitative estimate of drug-likeness (QED) is 0.195. The van der Waals surface area contributed by atoms with Gasteiger partial charge in [-0.2, -0.15) is 4.99 Å². The predicted molar refractivity (Wildman–Crippen MR) is 147 cm³/mol. The van der Waals surface area contributed by atoms with Gasteiger partial charge in [-0.1, -0.05) is 36.4 Å². The van der Waals surface area contributed by atoms with E-state index in [1.165, 1.54) is 40.4 Å². The third kappa shape index (κ3) is 4.61. The highest BCUT2D eigenvalue weighted by molar-refractivity contribution is 8.18. The van der Waals surface area contributed by atoms with E-state index >= 15 is 0 Å². The zero-order chi connectivity index (χ0) is 25.4. The zero-order valence-electron chi connectivity index (χ0n) is 19.7. The van der Waals surface area contributed by atoms with Gasteiger partial charge in [0, 0.05) is 61.0 Å². The number of furan rings is 1. The normalized spacial score (nSPS) is 17.0. The second kappa shape index (κ2) is 9.59. The van der Waals surface area contributed by atoms with Gasteiger partial charge in [-0.05, 0) is 47.5 Å². The van der Waals surface area contributed by atoms with Crippen molar-refractivity contribution in [1.29, 1.82) is 0 Å². The molecule has 9 heteroatoms. The maximum absolute atomic E-state index is 12.6. The van der Waals surface area contributed by atoms with E-state index in [-0.39, 0.29) is 11.6 Å². The molecule has 0 unspecified atom stereocenters. The van der Waals surface area contributed by atoms with E-state index in [0.717, 1.165) is 36.9 Å². The van der Waals surface area contributed by atoms with Crippen LogP contribution in [0.3, 0.4) is 0 Å². The van der Waals surface area contributed by atoms with E-state index in [1.807, 2.05) is 0 Å². The maximum Gasteiger partial charge on any atom is 0.286 e. The molecule has 0 atom stereocenters. The van der Waals surface area contributed by atoms with Crippen LogP contribution in [0, 0.1) is 10.1 Å². The molecule has 0 spiro atoms. The number of carbonyl (C=O) groups is 1. The molecule has 2 aliphatic rings. The highest BCUT2D eigenvalue weighted by Gasteiger charge is 2.29. The van der Waals surface area contributed by atoms with Crippen molar-refractivity contribution in [2.24, 2.45) is 4.99 Å². The van der Waals surface area contributed by atoms with Crippen LogP contribution < -0.4 is 4.90 Å². The molecule has 0 aliphatic carbocycles. The average molecular weight is 511 g/mol. The molecule has 37 heavy (non-hydrogen) atoms. The van der Waals surface area contributed by atoms with Gasteiger partial charge >= 0.3 is 0 Å². The number of carbonyl (C=O) groups excluding carboxylic acids is 1. The second-order valence-corrected chi connectivity index (χ2v) is 9.80. The van der Waals surface area contributed by atoms with Crippen LogP contribution in [-0.2, 0) is 4.79 Å². The number of fused-ring (bicyclic) bond motifs is 1. The third-order valence-electron chi connectivity index (χ3n) is 6.53. The van der Waals surface area contributed by atoms with Gasteiger partial charge in [0.05, 0.1) is 9.83 Å². The molecule has 0 saturated carbocycles. The SMILES string of the molecule is O=C1N=C(N2CCN(c3cccc4ccccc34)CC2)SC1=Cc1ccc(-c2ccc([N+](=O)[O-])cc2)o1. The van der Waals surface area contributed by atoms with E-state index in [1.54, 1.807) is 30.3 Å². The Morgan fingerprint density at radius 2 is 1.62 bits per heavy atom.